The van der Waals surface area contributed by atoms with E-state index in [4.69, 9.17) is 4.74 Å². The second-order valence-electron chi connectivity index (χ2n) is 2.75. The highest BCUT2D eigenvalue weighted by molar-refractivity contribution is 5.97. The van der Waals surface area contributed by atoms with Crippen LogP contribution in [0.2, 0.25) is 0 Å². The zero-order chi connectivity index (χ0) is 8.55. The molecule has 3 nitrogen and oxygen atoms in total. The van der Waals surface area contributed by atoms with Gasteiger partial charge in [0.15, 0.2) is 6.73 Å². The number of nitrogens with one attached hydrogen (secondary N) is 1. The molecule has 62 valence electrons. The molecule has 0 bridgehead atoms. The van der Waals surface area contributed by atoms with Crippen LogP contribution >= 0.6 is 0 Å². The number of anilines is 1. The van der Waals surface area contributed by atoms with Crippen molar-refractivity contribution in [3.8, 4) is 0 Å². The largest absolute Gasteiger partial charge is 0.441 e. The number of para-hydroxylation sites is 1. The predicted octanol–water partition coefficient (Wildman–Crippen LogP) is 1.53. The van der Waals surface area contributed by atoms with Gasteiger partial charge >= 0.3 is 5.97 Å². The predicted molar refractivity (Wildman–Crippen MR) is 45.1 cm³/mol. The summed E-state index contributed by atoms with van der Waals surface area (Å²) in [5, 5.41) is 3.02. The molecule has 0 radical (unpaired) electrons. The highest BCUT2D eigenvalue weighted by Crippen LogP contribution is 2.23. The lowest BCUT2D eigenvalue weighted by atomic mass is 10.1. The number of rotatable bonds is 0. The number of hydrogen-bond acceptors (Lipinski definition) is 3. The number of ether oxygens (including phenoxy) is 1. The van der Waals surface area contributed by atoms with E-state index in [9.17, 15) is 4.79 Å². The summed E-state index contributed by atoms with van der Waals surface area (Å²) in [6, 6.07) is 5.57. The maximum atomic E-state index is 11.2. The van der Waals surface area contributed by atoms with Crippen molar-refractivity contribution >= 4 is 11.7 Å². The summed E-state index contributed by atoms with van der Waals surface area (Å²) in [7, 11) is 0. The van der Waals surface area contributed by atoms with E-state index in [1.165, 1.54) is 0 Å². The Balaban J connectivity index is 2.59. The molecule has 0 amide bonds. The van der Waals surface area contributed by atoms with Crippen LogP contribution in [-0.4, -0.2) is 12.7 Å². The summed E-state index contributed by atoms with van der Waals surface area (Å²) < 4.78 is 4.81. The summed E-state index contributed by atoms with van der Waals surface area (Å²) in [5.74, 6) is -0.243. The van der Waals surface area contributed by atoms with Gasteiger partial charge < -0.3 is 10.1 Å². The average Bonchev–Trinajstić information content (AvgIpc) is 2.07. The lowest BCUT2D eigenvalue weighted by Gasteiger charge is -2.18. The van der Waals surface area contributed by atoms with Crippen LogP contribution in [0.1, 0.15) is 15.9 Å². The second-order valence-corrected chi connectivity index (χ2v) is 2.75. The number of carbonyl (C=O) groups is 1. The number of benzene rings is 1. The standard InChI is InChI=1S/C9H9NO2/c1-6-3-2-4-7-8(6)10-5-12-9(7)11/h2-4,10H,5H2,1H3. The molecule has 12 heavy (non-hydrogen) atoms. The molecule has 0 aromatic heterocycles. The topological polar surface area (TPSA) is 38.3 Å². The highest BCUT2D eigenvalue weighted by Gasteiger charge is 2.18. The Morgan fingerprint density at radius 3 is 3.08 bits per heavy atom. The van der Waals surface area contributed by atoms with Gasteiger partial charge in [-0.1, -0.05) is 12.1 Å². The smallest absolute Gasteiger partial charge is 0.341 e. The van der Waals surface area contributed by atoms with E-state index in [2.05, 4.69) is 5.32 Å². The molecule has 1 aromatic rings. The van der Waals surface area contributed by atoms with Gasteiger partial charge in [0.1, 0.15) is 0 Å². The molecule has 0 aliphatic carbocycles. The minimum absolute atomic E-state index is 0.243. The molecule has 0 saturated carbocycles. The first-order valence-corrected chi connectivity index (χ1v) is 3.79. The molecule has 0 atom stereocenters. The fourth-order valence-corrected chi connectivity index (χ4v) is 1.32. The van der Waals surface area contributed by atoms with Gasteiger partial charge in [-0.25, -0.2) is 4.79 Å². The van der Waals surface area contributed by atoms with Gasteiger partial charge in [-0.2, -0.15) is 0 Å². The summed E-state index contributed by atoms with van der Waals surface area (Å²) in [6.45, 7) is 2.24. The molecular formula is C9H9NO2. The number of carbonyl (C=O) groups excluding carboxylic acids is 1. The molecule has 1 N–H and O–H groups in total. The van der Waals surface area contributed by atoms with Crippen LogP contribution in [-0.2, 0) is 4.74 Å². The molecule has 2 rings (SSSR count). The Kier molecular flexibility index (Phi) is 1.50. The molecule has 0 saturated heterocycles. The van der Waals surface area contributed by atoms with Gasteiger partial charge in [0.25, 0.3) is 0 Å². The summed E-state index contributed by atoms with van der Waals surface area (Å²) >= 11 is 0. The fraction of sp³-hybridized carbons (Fsp3) is 0.222. The van der Waals surface area contributed by atoms with Crippen molar-refractivity contribution in [1.82, 2.24) is 0 Å². The van der Waals surface area contributed by atoms with Crippen molar-refractivity contribution in [2.75, 3.05) is 12.0 Å². The van der Waals surface area contributed by atoms with Crippen LogP contribution in [0.5, 0.6) is 0 Å². The Morgan fingerprint density at radius 2 is 2.33 bits per heavy atom. The molecule has 1 heterocycles. The Morgan fingerprint density at radius 1 is 1.50 bits per heavy atom. The van der Waals surface area contributed by atoms with Crippen molar-refractivity contribution in [2.24, 2.45) is 0 Å². The lowest BCUT2D eigenvalue weighted by Crippen LogP contribution is -2.21. The van der Waals surface area contributed by atoms with Crippen LogP contribution in [0, 0.1) is 6.92 Å². The summed E-state index contributed by atoms with van der Waals surface area (Å²) in [6.07, 6.45) is 0. The average molecular weight is 163 g/mol. The molecule has 3 heteroatoms. The van der Waals surface area contributed by atoms with Gasteiger partial charge in [-0.15, -0.1) is 0 Å². The Hall–Kier alpha value is -1.51. The minimum Gasteiger partial charge on any atom is -0.441 e. The van der Waals surface area contributed by atoms with E-state index < -0.39 is 0 Å². The van der Waals surface area contributed by atoms with E-state index in [1.54, 1.807) is 6.07 Å². The van der Waals surface area contributed by atoms with Gasteiger partial charge in [-0.05, 0) is 18.6 Å². The number of aryl methyl sites for hydroxylation is 1. The number of cyclic esters (lactones) is 1. The SMILES string of the molecule is Cc1cccc2c1NCOC2=O. The Bertz CT molecular complexity index is 333. The van der Waals surface area contributed by atoms with E-state index in [0.29, 0.717) is 5.56 Å². The molecular weight excluding hydrogens is 154 g/mol. The van der Waals surface area contributed by atoms with E-state index in [1.807, 2.05) is 19.1 Å². The zero-order valence-corrected chi connectivity index (χ0v) is 6.76. The zero-order valence-electron chi connectivity index (χ0n) is 6.76. The molecule has 0 spiro atoms. The number of esters is 1. The third kappa shape index (κ3) is 0.942. The van der Waals surface area contributed by atoms with Crippen LogP contribution < -0.4 is 5.32 Å². The van der Waals surface area contributed by atoms with Gasteiger partial charge in [0.2, 0.25) is 0 Å². The first-order chi connectivity index (χ1) is 5.79. The third-order valence-electron chi connectivity index (χ3n) is 1.94. The fourth-order valence-electron chi connectivity index (χ4n) is 1.32. The van der Waals surface area contributed by atoms with Gasteiger partial charge in [0, 0.05) is 0 Å². The number of fused-ring (bicyclic) bond motifs is 1. The third-order valence-corrected chi connectivity index (χ3v) is 1.94. The van der Waals surface area contributed by atoms with Crippen molar-refractivity contribution in [1.29, 1.82) is 0 Å². The Labute approximate surface area is 70.3 Å². The minimum atomic E-state index is -0.243. The van der Waals surface area contributed by atoms with Crippen molar-refractivity contribution in [2.45, 2.75) is 6.92 Å². The van der Waals surface area contributed by atoms with Crippen LogP contribution in [0.15, 0.2) is 18.2 Å². The van der Waals surface area contributed by atoms with Crippen LogP contribution in [0.25, 0.3) is 0 Å². The van der Waals surface area contributed by atoms with Crippen molar-refractivity contribution in [3.63, 3.8) is 0 Å². The quantitative estimate of drug-likeness (QED) is 0.589. The highest BCUT2D eigenvalue weighted by atomic mass is 16.5. The van der Waals surface area contributed by atoms with Crippen LogP contribution in [0.3, 0.4) is 0 Å². The number of hydrogen-bond donors (Lipinski definition) is 1. The van der Waals surface area contributed by atoms with E-state index >= 15 is 0 Å². The van der Waals surface area contributed by atoms with E-state index in [-0.39, 0.29) is 12.7 Å². The first kappa shape index (κ1) is 7.16. The summed E-state index contributed by atoms with van der Waals surface area (Å²) in [4.78, 5) is 11.2. The monoisotopic (exact) mass is 163 g/mol. The van der Waals surface area contributed by atoms with Crippen molar-refractivity contribution < 1.29 is 9.53 Å². The van der Waals surface area contributed by atoms with Crippen molar-refractivity contribution in [3.05, 3.63) is 29.3 Å². The second kappa shape index (κ2) is 2.52. The molecule has 1 aromatic carbocycles. The maximum absolute atomic E-state index is 11.2. The molecule has 1 aliphatic heterocycles. The first-order valence-electron chi connectivity index (χ1n) is 3.79. The lowest BCUT2D eigenvalue weighted by molar-refractivity contribution is 0.0517. The molecule has 0 unspecified atom stereocenters. The summed E-state index contributed by atoms with van der Waals surface area (Å²) in [5.41, 5.74) is 2.60. The normalized spacial score (nSPS) is 14.6. The molecule has 1 aliphatic rings. The molecule has 0 fully saturated rings. The van der Waals surface area contributed by atoms with E-state index in [0.717, 1.165) is 11.3 Å². The maximum Gasteiger partial charge on any atom is 0.341 e. The van der Waals surface area contributed by atoms with Gasteiger partial charge in [0.05, 0.1) is 11.3 Å². The van der Waals surface area contributed by atoms with Gasteiger partial charge in [-0.3, -0.25) is 0 Å². The van der Waals surface area contributed by atoms with Crippen LogP contribution in [0.4, 0.5) is 5.69 Å².